The van der Waals surface area contributed by atoms with Gasteiger partial charge in [-0.15, -0.1) is 0 Å². The molecule has 1 aliphatic heterocycles. The van der Waals surface area contributed by atoms with Crippen molar-refractivity contribution in [3.05, 3.63) is 53.1 Å². The van der Waals surface area contributed by atoms with E-state index in [1.165, 1.54) is 4.90 Å². The Morgan fingerprint density at radius 3 is 2.57 bits per heavy atom. The molecule has 42 heavy (non-hydrogen) atoms. The Hall–Kier alpha value is -4.81. The Bertz CT molecular complexity index is 1640. The standard InChI is InChI=1S/C29H28F2N4O7/c1-4-10-39-26-23-27(34-29(33-26)41-21-13-18(30)7-8-19(21)31)42-25(32-23)17-11-15(2)24(16(3)12-17)40-14-22(36)35-9-5-6-20(35)28(37)38/h7-8,11-13,20H,4-6,9-10,14H2,1-3H3,(H,37,38)/t20-/m0/s1. The predicted octanol–water partition coefficient (Wildman–Crippen LogP) is 5.22. The number of ether oxygens (including phenoxy) is 3. The number of hydrogen-bond acceptors (Lipinski definition) is 9. The molecule has 220 valence electrons. The maximum atomic E-state index is 14.2. The summed E-state index contributed by atoms with van der Waals surface area (Å²) in [6.45, 7) is 5.88. The third-order valence-electron chi connectivity index (χ3n) is 6.65. The molecule has 1 N–H and O–H groups in total. The first kappa shape index (κ1) is 28.7. The lowest BCUT2D eigenvalue weighted by molar-refractivity contribution is -0.149. The minimum absolute atomic E-state index is 0.0118. The zero-order chi connectivity index (χ0) is 30.0. The highest BCUT2D eigenvalue weighted by Gasteiger charge is 2.34. The minimum Gasteiger partial charge on any atom is -0.483 e. The third-order valence-corrected chi connectivity index (χ3v) is 6.65. The number of aliphatic carboxylic acids is 1. The van der Waals surface area contributed by atoms with E-state index in [0.29, 0.717) is 54.9 Å². The number of carbonyl (C=O) groups is 2. The van der Waals surface area contributed by atoms with Crippen LogP contribution in [0, 0.1) is 25.5 Å². The molecule has 0 saturated carbocycles. The number of benzene rings is 2. The Labute approximate surface area is 239 Å². The van der Waals surface area contributed by atoms with Crippen LogP contribution in [0.25, 0.3) is 22.7 Å². The van der Waals surface area contributed by atoms with E-state index in [-0.39, 0.29) is 35.6 Å². The van der Waals surface area contributed by atoms with E-state index in [1.54, 1.807) is 26.0 Å². The molecule has 0 radical (unpaired) electrons. The summed E-state index contributed by atoms with van der Waals surface area (Å²) in [5.41, 5.74) is 2.18. The van der Waals surface area contributed by atoms with Crippen LogP contribution in [0.3, 0.4) is 0 Å². The number of nitrogens with zero attached hydrogens (tertiary/aromatic N) is 4. The second-order valence-electron chi connectivity index (χ2n) is 9.82. The zero-order valence-electron chi connectivity index (χ0n) is 23.1. The summed E-state index contributed by atoms with van der Waals surface area (Å²) in [5, 5.41) is 9.36. The summed E-state index contributed by atoms with van der Waals surface area (Å²) < 4.78 is 50.7. The molecule has 1 fully saturated rings. The number of carboxylic acid groups (broad SMARTS) is 1. The molecule has 11 nitrogen and oxygen atoms in total. The molecule has 2 aromatic carbocycles. The second kappa shape index (κ2) is 12.0. The van der Waals surface area contributed by atoms with E-state index in [1.807, 2.05) is 6.92 Å². The highest BCUT2D eigenvalue weighted by molar-refractivity contribution is 5.85. The van der Waals surface area contributed by atoms with Crippen molar-refractivity contribution in [2.75, 3.05) is 19.8 Å². The Morgan fingerprint density at radius 2 is 1.86 bits per heavy atom. The monoisotopic (exact) mass is 582 g/mol. The molecule has 5 rings (SSSR count). The molecule has 0 aliphatic carbocycles. The maximum absolute atomic E-state index is 14.2. The lowest BCUT2D eigenvalue weighted by Crippen LogP contribution is -2.42. The van der Waals surface area contributed by atoms with Crippen molar-refractivity contribution in [3.63, 3.8) is 0 Å². The van der Waals surface area contributed by atoms with Crippen LogP contribution in [0.4, 0.5) is 8.78 Å². The number of hydrogen-bond donors (Lipinski definition) is 1. The number of carboxylic acids is 1. The Balaban J connectivity index is 1.41. The number of fused-ring (bicyclic) bond motifs is 1. The van der Waals surface area contributed by atoms with Gasteiger partial charge >= 0.3 is 12.0 Å². The van der Waals surface area contributed by atoms with Gasteiger partial charge in [0.2, 0.25) is 5.89 Å². The van der Waals surface area contributed by atoms with Gasteiger partial charge in [-0.2, -0.15) is 9.97 Å². The highest BCUT2D eigenvalue weighted by Crippen LogP contribution is 2.35. The fourth-order valence-electron chi connectivity index (χ4n) is 4.74. The number of aryl methyl sites for hydroxylation is 2. The van der Waals surface area contributed by atoms with Gasteiger partial charge in [-0.1, -0.05) is 6.92 Å². The number of halogens is 2. The molecular formula is C29H28F2N4O7. The molecule has 1 atom stereocenters. The predicted molar refractivity (Wildman–Crippen MR) is 145 cm³/mol. The molecule has 2 aromatic heterocycles. The molecular weight excluding hydrogens is 554 g/mol. The largest absolute Gasteiger partial charge is 0.483 e. The van der Waals surface area contributed by atoms with Crippen molar-refractivity contribution in [1.82, 2.24) is 19.9 Å². The van der Waals surface area contributed by atoms with E-state index in [4.69, 9.17) is 18.6 Å². The molecule has 4 aromatic rings. The van der Waals surface area contributed by atoms with Crippen LogP contribution in [0.1, 0.15) is 37.3 Å². The van der Waals surface area contributed by atoms with Crippen molar-refractivity contribution in [2.24, 2.45) is 0 Å². The van der Waals surface area contributed by atoms with Gasteiger partial charge < -0.3 is 28.6 Å². The molecule has 0 spiro atoms. The van der Waals surface area contributed by atoms with E-state index in [9.17, 15) is 23.5 Å². The molecule has 1 saturated heterocycles. The summed E-state index contributed by atoms with van der Waals surface area (Å²) in [6.07, 6.45) is 1.72. The van der Waals surface area contributed by atoms with Crippen LogP contribution in [0.2, 0.25) is 0 Å². The molecule has 1 aliphatic rings. The van der Waals surface area contributed by atoms with Crippen LogP contribution in [0.5, 0.6) is 23.4 Å². The van der Waals surface area contributed by atoms with Crippen molar-refractivity contribution < 1.29 is 42.1 Å². The van der Waals surface area contributed by atoms with Crippen molar-refractivity contribution in [3.8, 4) is 34.8 Å². The maximum Gasteiger partial charge on any atom is 0.328 e. The second-order valence-corrected chi connectivity index (χ2v) is 9.82. The third kappa shape index (κ3) is 5.94. The lowest BCUT2D eigenvalue weighted by Gasteiger charge is -2.22. The van der Waals surface area contributed by atoms with Crippen molar-refractivity contribution in [1.29, 1.82) is 0 Å². The van der Waals surface area contributed by atoms with Gasteiger partial charge in [-0.05, 0) is 68.5 Å². The first-order valence-electron chi connectivity index (χ1n) is 13.4. The van der Waals surface area contributed by atoms with Gasteiger partial charge in [0.25, 0.3) is 17.5 Å². The topological polar surface area (TPSA) is 137 Å². The molecule has 0 unspecified atom stereocenters. The minimum atomic E-state index is -1.02. The summed E-state index contributed by atoms with van der Waals surface area (Å²) in [4.78, 5) is 38.3. The van der Waals surface area contributed by atoms with Crippen LogP contribution in [-0.4, -0.2) is 62.6 Å². The van der Waals surface area contributed by atoms with E-state index in [0.717, 1.165) is 18.2 Å². The van der Waals surface area contributed by atoms with E-state index in [2.05, 4.69) is 15.0 Å². The van der Waals surface area contributed by atoms with Crippen LogP contribution in [0.15, 0.2) is 34.7 Å². The first-order valence-corrected chi connectivity index (χ1v) is 13.4. The number of oxazole rings is 1. The van der Waals surface area contributed by atoms with Gasteiger partial charge in [0.1, 0.15) is 17.6 Å². The van der Waals surface area contributed by atoms with Gasteiger partial charge in [-0.25, -0.2) is 18.6 Å². The average molecular weight is 583 g/mol. The lowest BCUT2D eigenvalue weighted by atomic mass is 10.1. The quantitative estimate of drug-likeness (QED) is 0.265. The molecule has 1 amide bonds. The van der Waals surface area contributed by atoms with Gasteiger partial charge in [0, 0.05) is 18.2 Å². The Kier molecular flexibility index (Phi) is 8.18. The number of carbonyl (C=O) groups excluding carboxylic acids is 1. The van der Waals surface area contributed by atoms with Crippen LogP contribution < -0.4 is 14.2 Å². The van der Waals surface area contributed by atoms with E-state index >= 15 is 0 Å². The summed E-state index contributed by atoms with van der Waals surface area (Å²) in [6, 6.07) is 5.13. The van der Waals surface area contributed by atoms with Crippen LogP contribution in [-0.2, 0) is 9.59 Å². The Morgan fingerprint density at radius 1 is 1.10 bits per heavy atom. The summed E-state index contributed by atoms with van der Waals surface area (Å²) in [7, 11) is 0. The molecule has 3 heterocycles. The summed E-state index contributed by atoms with van der Waals surface area (Å²) in [5.74, 6) is -2.60. The average Bonchev–Trinajstić information content (AvgIpc) is 3.61. The highest BCUT2D eigenvalue weighted by atomic mass is 19.1. The van der Waals surface area contributed by atoms with Gasteiger partial charge in [0.15, 0.2) is 23.7 Å². The molecule has 13 heteroatoms. The van der Waals surface area contributed by atoms with E-state index < -0.39 is 35.3 Å². The number of rotatable bonds is 10. The fourth-order valence-corrected chi connectivity index (χ4v) is 4.74. The smallest absolute Gasteiger partial charge is 0.328 e. The number of amides is 1. The first-order chi connectivity index (χ1) is 20.1. The normalized spacial score (nSPS) is 14.8. The zero-order valence-corrected chi connectivity index (χ0v) is 23.1. The number of aromatic nitrogens is 3. The molecule has 0 bridgehead atoms. The fraction of sp³-hybridized carbons (Fsp3) is 0.345. The SMILES string of the molecule is CCCOc1nc(Oc2cc(F)ccc2F)nc2oc(-c3cc(C)c(OCC(=O)N4CCC[C@H]4C(=O)O)c(C)c3)nc12. The van der Waals surface area contributed by atoms with Crippen LogP contribution >= 0.6 is 0 Å². The van der Waals surface area contributed by atoms with Gasteiger partial charge in [-0.3, -0.25) is 4.79 Å². The summed E-state index contributed by atoms with van der Waals surface area (Å²) >= 11 is 0. The van der Waals surface area contributed by atoms with Crippen molar-refractivity contribution >= 4 is 23.1 Å². The van der Waals surface area contributed by atoms with Crippen molar-refractivity contribution in [2.45, 2.75) is 46.1 Å². The van der Waals surface area contributed by atoms with Gasteiger partial charge in [0.05, 0.1) is 6.61 Å². The number of likely N-dealkylation sites (tertiary alicyclic amines) is 1.